The van der Waals surface area contributed by atoms with E-state index in [1.54, 1.807) is 35.2 Å². The van der Waals surface area contributed by atoms with E-state index in [1.165, 1.54) is 0 Å². The van der Waals surface area contributed by atoms with Crippen molar-refractivity contribution in [2.75, 3.05) is 4.90 Å². The van der Waals surface area contributed by atoms with Crippen molar-refractivity contribution >= 4 is 50.0 Å². The first kappa shape index (κ1) is 18.6. The molecule has 3 heteroatoms. The van der Waals surface area contributed by atoms with Crippen LogP contribution in [0.5, 0.6) is 0 Å². The zero-order chi connectivity index (χ0) is 39.9. The number of hydrogen-bond donors (Lipinski definition) is 0. The molecular formula is C44H30N2O. The second-order valence-electron chi connectivity index (χ2n) is 11.1. The molecule has 0 N–H and O–H groups in total. The third-order valence-corrected chi connectivity index (χ3v) is 8.36. The average Bonchev–Trinajstić information content (AvgIpc) is 3.78. The Bertz CT molecular complexity index is 3030. The number of nitrogens with zero attached hydrogens (tertiary/aromatic N) is 2. The molecule has 0 aliphatic heterocycles. The van der Waals surface area contributed by atoms with Gasteiger partial charge in [-0.15, -0.1) is 0 Å². The summed E-state index contributed by atoms with van der Waals surface area (Å²) in [6, 6.07) is 33.6. The number of furan rings is 1. The van der Waals surface area contributed by atoms with Crippen LogP contribution in [0.15, 0.2) is 186 Å². The van der Waals surface area contributed by atoms with Crippen molar-refractivity contribution in [1.29, 1.82) is 0 Å². The molecule has 0 radical (unpaired) electrons. The lowest BCUT2D eigenvalue weighted by atomic mass is 10.0. The van der Waals surface area contributed by atoms with Crippen LogP contribution in [-0.2, 0) is 0 Å². The first-order valence-electron chi connectivity index (χ1n) is 20.1. The summed E-state index contributed by atoms with van der Waals surface area (Å²) in [6.45, 7) is 0. The van der Waals surface area contributed by atoms with E-state index in [2.05, 4.69) is 22.8 Å². The molecule has 0 spiro atoms. The molecule has 0 bridgehead atoms. The molecule has 0 fully saturated rings. The van der Waals surface area contributed by atoms with Crippen LogP contribution < -0.4 is 4.90 Å². The number of fused-ring (bicyclic) bond motifs is 5. The highest BCUT2D eigenvalue weighted by Crippen LogP contribution is 2.43. The summed E-state index contributed by atoms with van der Waals surface area (Å²) in [4.78, 5) is 1.57. The maximum absolute atomic E-state index is 8.95. The van der Waals surface area contributed by atoms with Crippen LogP contribution >= 0.6 is 0 Å². The van der Waals surface area contributed by atoms with Crippen molar-refractivity contribution in [3.8, 4) is 27.9 Å². The van der Waals surface area contributed by atoms with Gasteiger partial charge in [-0.1, -0.05) is 115 Å². The Labute approximate surface area is 287 Å². The van der Waals surface area contributed by atoms with E-state index in [1.807, 2.05) is 72.8 Å². The summed E-state index contributed by atoms with van der Waals surface area (Å²) in [5, 5.41) is 1.87. The predicted molar refractivity (Wildman–Crippen MR) is 196 cm³/mol. The molecule has 2 heterocycles. The van der Waals surface area contributed by atoms with Crippen molar-refractivity contribution in [3.63, 3.8) is 0 Å². The van der Waals surface area contributed by atoms with Gasteiger partial charge in [0.25, 0.3) is 0 Å². The molecule has 0 atom stereocenters. The minimum absolute atomic E-state index is 0.0239. The highest BCUT2D eigenvalue weighted by atomic mass is 16.3. The molecule has 7 aromatic carbocycles. The van der Waals surface area contributed by atoms with Gasteiger partial charge in [0.1, 0.15) is 11.1 Å². The van der Waals surface area contributed by atoms with Crippen LogP contribution in [-0.4, -0.2) is 4.57 Å². The molecule has 222 valence electrons. The average molecular weight is 613 g/mol. The van der Waals surface area contributed by atoms with Gasteiger partial charge in [-0.3, -0.25) is 0 Å². The lowest BCUT2D eigenvalue weighted by Crippen LogP contribution is -2.09. The van der Waals surface area contributed by atoms with Crippen LogP contribution in [0.4, 0.5) is 17.1 Å². The number of para-hydroxylation sites is 4. The van der Waals surface area contributed by atoms with E-state index in [0.29, 0.717) is 22.5 Å². The summed E-state index contributed by atoms with van der Waals surface area (Å²) >= 11 is 0. The number of benzene rings is 7. The van der Waals surface area contributed by atoms with Crippen LogP contribution in [0.1, 0.15) is 13.7 Å². The van der Waals surface area contributed by atoms with E-state index in [9.17, 15) is 0 Å². The molecule has 2 aromatic heterocycles. The van der Waals surface area contributed by atoms with Crippen molar-refractivity contribution in [2.45, 2.75) is 0 Å². The van der Waals surface area contributed by atoms with E-state index in [-0.39, 0.29) is 23.3 Å². The maximum Gasteiger partial charge on any atom is 0.161 e. The Morgan fingerprint density at radius 1 is 0.489 bits per heavy atom. The third-order valence-electron chi connectivity index (χ3n) is 8.36. The fourth-order valence-electron chi connectivity index (χ4n) is 6.31. The second-order valence-corrected chi connectivity index (χ2v) is 11.1. The van der Waals surface area contributed by atoms with Crippen molar-refractivity contribution in [2.24, 2.45) is 0 Å². The van der Waals surface area contributed by atoms with Gasteiger partial charge in [-0.05, 0) is 83.4 Å². The largest absolute Gasteiger partial charge is 0.453 e. The molecule has 0 unspecified atom stereocenters. The smallest absolute Gasteiger partial charge is 0.161 e. The van der Waals surface area contributed by atoms with Crippen LogP contribution in [0.25, 0.3) is 60.9 Å². The molecule has 0 saturated carbocycles. The molecule has 0 amide bonds. The van der Waals surface area contributed by atoms with Crippen LogP contribution in [0.2, 0.25) is 0 Å². The number of rotatable bonds is 6. The van der Waals surface area contributed by atoms with Crippen LogP contribution in [0, 0.1) is 0 Å². The van der Waals surface area contributed by atoms with Gasteiger partial charge in [0, 0.05) is 39.1 Å². The van der Waals surface area contributed by atoms with E-state index >= 15 is 0 Å². The van der Waals surface area contributed by atoms with Gasteiger partial charge in [0.2, 0.25) is 0 Å². The Kier molecular flexibility index (Phi) is 4.45. The van der Waals surface area contributed by atoms with Crippen molar-refractivity contribution in [1.82, 2.24) is 4.57 Å². The molecule has 0 aliphatic rings. The van der Waals surface area contributed by atoms with Crippen molar-refractivity contribution in [3.05, 3.63) is 182 Å². The number of hydrogen-bond acceptors (Lipinski definition) is 2. The summed E-state index contributed by atoms with van der Waals surface area (Å²) in [5.41, 5.74) is 7.05. The minimum Gasteiger partial charge on any atom is -0.453 e. The summed E-state index contributed by atoms with van der Waals surface area (Å²) in [7, 11) is 0. The number of aromatic nitrogens is 1. The van der Waals surface area contributed by atoms with Gasteiger partial charge >= 0.3 is 0 Å². The Morgan fingerprint density at radius 2 is 1.19 bits per heavy atom. The first-order valence-corrected chi connectivity index (χ1v) is 15.1. The molecule has 47 heavy (non-hydrogen) atoms. The Balaban J connectivity index is 1.24. The van der Waals surface area contributed by atoms with Gasteiger partial charge in [-0.2, -0.15) is 0 Å². The van der Waals surface area contributed by atoms with Crippen LogP contribution in [0.3, 0.4) is 0 Å². The van der Waals surface area contributed by atoms with Gasteiger partial charge in [0.15, 0.2) is 5.58 Å². The normalized spacial score (nSPS) is 14.4. The lowest BCUT2D eigenvalue weighted by Gasteiger charge is -2.26. The lowest BCUT2D eigenvalue weighted by molar-refractivity contribution is 0.674. The number of anilines is 3. The van der Waals surface area contributed by atoms with Gasteiger partial charge in [0.05, 0.1) is 19.2 Å². The molecule has 3 nitrogen and oxygen atoms in total. The minimum atomic E-state index is -0.525. The fourth-order valence-corrected chi connectivity index (χ4v) is 6.31. The Hall–Kier alpha value is -6.32. The summed E-state index contributed by atoms with van der Waals surface area (Å²) < 4.78 is 93.4. The van der Waals surface area contributed by atoms with E-state index < -0.39 is 48.3 Å². The monoisotopic (exact) mass is 612 g/mol. The standard InChI is InChI=1S/C44H30N2O/c1-4-14-31(15-5-1)32-26-28-36(29-27-32)45(34-17-6-2-7-18-34)37-21-12-16-33(30-37)38-23-13-24-40-42-44(47-43(38)40)39-22-10-11-25-41(39)46(42)35-19-8-3-9-20-35/h1-30H/i1D,2D,4D,5D,6D,7D,14D,15D,17D,18D. The van der Waals surface area contributed by atoms with Gasteiger partial charge in [-0.25, -0.2) is 0 Å². The molecule has 9 rings (SSSR count). The molecular weight excluding hydrogens is 572 g/mol. The molecule has 0 aliphatic carbocycles. The zero-order valence-electron chi connectivity index (χ0n) is 34.8. The molecule has 0 saturated heterocycles. The summed E-state index contributed by atoms with van der Waals surface area (Å²) in [5.74, 6) is 0. The van der Waals surface area contributed by atoms with E-state index in [4.69, 9.17) is 18.1 Å². The highest BCUT2D eigenvalue weighted by Gasteiger charge is 2.21. The van der Waals surface area contributed by atoms with Crippen molar-refractivity contribution < 1.29 is 18.1 Å². The predicted octanol–water partition coefficient (Wildman–Crippen LogP) is 12.3. The third kappa shape index (κ3) is 4.60. The topological polar surface area (TPSA) is 21.3 Å². The van der Waals surface area contributed by atoms with Gasteiger partial charge < -0.3 is 13.9 Å². The Morgan fingerprint density at radius 3 is 2.00 bits per heavy atom. The highest BCUT2D eigenvalue weighted by molar-refractivity contribution is 6.18. The molecule has 9 aromatic rings. The fraction of sp³-hybridized carbons (Fsp3) is 0. The quantitative estimate of drug-likeness (QED) is 0.186. The van der Waals surface area contributed by atoms with E-state index in [0.717, 1.165) is 44.2 Å². The maximum atomic E-state index is 8.95. The first-order chi connectivity index (χ1) is 27.5. The zero-order valence-corrected chi connectivity index (χ0v) is 24.8. The summed E-state index contributed by atoms with van der Waals surface area (Å²) in [6.07, 6.45) is 0. The second kappa shape index (κ2) is 11.2. The SMILES string of the molecule is [2H]c1c([2H])c([2H])c(-c2ccc(N(c3cccc(-c4cccc5c4oc4c6ccccc6n(-c6ccccc6)c54)c3)c3c([2H])c([2H])c([2H])c([2H])c3[2H])cc2)c([2H])c1[2H].